The summed E-state index contributed by atoms with van der Waals surface area (Å²) in [5.74, 6) is 0.575. The number of amidine groups is 1. The minimum Gasteiger partial charge on any atom is -0.331 e. The van der Waals surface area contributed by atoms with Gasteiger partial charge in [-0.25, -0.2) is 9.79 Å². The molecule has 0 radical (unpaired) electrons. The third-order valence-electron chi connectivity index (χ3n) is 5.46. The molecule has 0 spiro atoms. The second kappa shape index (κ2) is 11.4. The van der Waals surface area contributed by atoms with E-state index in [4.69, 9.17) is 11.6 Å². The van der Waals surface area contributed by atoms with Gasteiger partial charge in [0.05, 0.1) is 18.3 Å². The lowest BCUT2D eigenvalue weighted by atomic mass is 9.92. The van der Waals surface area contributed by atoms with Gasteiger partial charge in [-0.3, -0.25) is 10.3 Å². The molecule has 2 unspecified atom stereocenters. The number of carbonyl (C=O) groups excluding carboxylic acids is 1. The molecule has 3 rings (SSSR count). The van der Waals surface area contributed by atoms with Crippen molar-refractivity contribution in [2.75, 3.05) is 6.54 Å². The van der Waals surface area contributed by atoms with E-state index in [0.717, 1.165) is 34.5 Å². The first-order valence-corrected chi connectivity index (χ1v) is 11.2. The van der Waals surface area contributed by atoms with Gasteiger partial charge in [0.2, 0.25) is 0 Å². The van der Waals surface area contributed by atoms with Crippen molar-refractivity contribution in [3.8, 4) is 0 Å². The van der Waals surface area contributed by atoms with Crippen molar-refractivity contribution < 1.29 is 4.79 Å². The maximum absolute atomic E-state index is 12.8. The van der Waals surface area contributed by atoms with Crippen LogP contribution in [0.15, 0.2) is 77.1 Å². The number of hydrogen-bond acceptors (Lipinski definition) is 5. The van der Waals surface area contributed by atoms with E-state index in [1.165, 1.54) is 6.08 Å². The number of rotatable bonds is 7. The van der Waals surface area contributed by atoms with Gasteiger partial charge in [0.25, 0.3) is 0 Å². The lowest BCUT2D eigenvalue weighted by Gasteiger charge is -2.25. The van der Waals surface area contributed by atoms with Crippen LogP contribution in [0.25, 0.3) is 0 Å². The highest BCUT2D eigenvalue weighted by Gasteiger charge is 2.21. The molecule has 0 bridgehead atoms. The van der Waals surface area contributed by atoms with Crippen molar-refractivity contribution in [2.45, 2.75) is 33.2 Å². The van der Waals surface area contributed by atoms with Gasteiger partial charge in [-0.05, 0) is 48.7 Å². The van der Waals surface area contributed by atoms with E-state index in [1.807, 2.05) is 43.3 Å². The molecule has 0 aliphatic carbocycles. The summed E-state index contributed by atoms with van der Waals surface area (Å²) in [5.41, 5.74) is 7.55. The van der Waals surface area contributed by atoms with Crippen LogP contribution in [0.2, 0.25) is 5.02 Å². The molecule has 0 saturated heterocycles. The predicted molar refractivity (Wildman–Crippen MR) is 135 cm³/mol. The molecule has 2 amide bonds. The molecule has 2 aromatic rings. The maximum Gasteiger partial charge on any atom is 0.320 e. The Morgan fingerprint density at radius 3 is 2.76 bits per heavy atom. The van der Waals surface area contributed by atoms with Crippen LogP contribution in [-0.4, -0.2) is 29.1 Å². The molecule has 7 nitrogen and oxygen atoms in total. The van der Waals surface area contributed by atoms with E-state index >= 15 is 0 Å². The molecule has 0 saturated carbocycles. The number of hydrazone groups is 1. The van der Waals surface area contributed by atoms with Gasteiger partial charge in [0, 0.05) is 34.2 Å². The standard InChI is InChI=1S/C25H29ClN6O/c1-5-16(3)23(18-7-9-21(26)10-8-18)31-25(33)30-22(6-2)28-14-20-15-29-32-24(20)19-11-12-27-17(4)13-19/h6-14,16,23,29H,2,5,15H2,1,3-4H3,(H2,28,30,31,33)/b20-14+. The number of aliphatic imine (C=N–C) groups is 1. The van der Waals surface area contributed by atoms with Crippen molar-refractivity contribution in [3.05, 3.63) is 88.9 Å². The second-order valence-corrected chi connectivity index (χ2v) is 8.30. The Balaban J connectivity index is 1.72. The van der Waals surface area contributed by atoms with E-state index in [0.29, 0.717) is 17.4 Å². The van der Waals surface area contributed by atoms with E-state index in [1.54, 1.807) is 12.4 Å². The number of pyridine rings is 1. The van der Waals surface area contributed by atoms with Crippen LogP contribution in [0.5, 0.6) is 0 Å². The van der Waals surface area contributed by atoms with Crippen LogP contribution in [-0.2, 0) is 0 Å². The molecule has 0 fully saturated rings. The van der Waals surface area contributed by atoms with Gasteiger partial charge < -0.3 is 10.7 Å². The summed E-state index contributed by atoms with van der Waals surface area (Å²) in [6.45, 7) is 10.4. The van der Waals surface area contributed by atoms with Crippen molar-refractivity contribution in [3.63, 3.8) is 0 Å². The first-order chi connectivity index (χ1) is 15.9. The van der Waals surface area contributed by atoms with E-state index < -0.39 is 0 Å². The number of halogens is 1. The smallest absolute Gasteiger partial charge is 0.320 e. The molecular formula is C25H29ClN6O. The molecule has 2 atom stereocenters. The van der Waals surface area contributed by atoms with E-state index in [2.05, 4.69) is 51.6 Å². The molecule has 172 valence electrons. The zero-order valence-electron chi connectivity index (χ0n) is 19.1. The largest absolute Gasteiger partial charge is 0.331 e. The third kappa shape index (κ3) is 6.52. The Morgan fingerprint density at radius 2 is 2.09 bits per heavy atom. The van der Waals surface area contributed by atoms with Crippen LogP contribution >= 0.6 is 11.6 Å². The topological polar surface area (TPSA) is 90.8 Å². The maximum atomic E-state index is 12.8. The average Bonchev–Trinajstić information content (AvgIpc) is 3.29. The highest BCUT2D eigenvalue weighted by atomic mass is 35.5. The zero-order chi connectivity index (χ0) is 23.8. The van der Waals surface area contributed by atoms with Crippen LogP contribution in [0.3, 0.4) is 0 Å². The summed E-state index contributed by atoms with van der Waals surface area (Å²) < 4.78 is 0. The Kier molecular flexibility index (Phi) is 8.38. The lowest BCUT2D eigenvalue weighted by Crippen LogP contribution is -2.42. The van der Waals surface area contributed by atoms with E-state index in [9.17, 15) is 4.79 Å². The molecule has 1 aliphatic heterocycles. The summed E-state index contributed by atoms with van der Waals surface area (Å²) in [5, 5.41) is 10.9. The number of nitrogens with one attached hydrogen (secondary N) is 3. The quantitative estimate of drug-likeness (QED) is 0.401. The number of nitrogens with zero attached hydrogens (tertiary/aromatic N) is 3. The number of hydrogen-bond donors (Lipinski definition) is 3. The second-order valence-electron chi connectivity index (χ2n) is 7.87. The molecule has 33 heavy (non-hydrogen) atoms. The number of amides is 2. The van der Waals surface area contributed by atoms with Gasteiger partial charge in [-0.1, -0.05) is 50.6 Å². The van der Waals surface area contributed by atoms with Crippen molar-refractivity contribution in [1.82, 2.24) is 21.0 Å². The highest BCUT2D eigenvalue weighted by molar-refractivity contribution is 6.30. The number of carbonyl (C=O) groups is 1. The van der Waals surface area contributed by atoms with Crippen LogP contribution < -0.4 is 16.1 Å². The van der Waals surface area contributed by atoms with Crippen LogP contribution in [0, 0.1) is 12.8 Å². The normalized spacial score (nSPS) is 16.5. The first kappa shape index (κ1) is 24.2. The van der Waals surface area contributed by atoms with Crippen molar-refractivity contribution in [1.29, 1.82) is 0 Å². The Hall–Kier alpha value is -3.45. The Labute approximate surface area is 199 Å². The molecule has 2 heterocycles. The fourth-order valence-electron chi connectivity index (χ4n) is 3.45. The fourth-order valence-corrected chi connectivity index (χ4v) is 3.57. The molecular weight excluding hydrogens is 436 g/mol. The number of aryl methyl sites for hydroxylation is 1. The molecule has 1 aliphatic rings. The average molecular weight is 465 g/mol. The number of urea groups is 1. The molecule has 8 heteroatoms. The van der Waals surface area contributed by atoms with Gasteiger partial charge >= 0.3 is 6.03 Å². The molecule has 1 aromatic heterocycles. The van der Waals surface area contributed by atoms with Crippen molar-refractivity contribution >= 4 is 29.2 Å². The van der Waals surface area contributed by atoms with E-state index in [-0.39, 0.29) is 18.0 Å². The summed E-state index contributed by atoms with van der Waals surface area (Å²) in [6.07, 6.45) is 5.86. The molecule has 1 aromatic carbocycles. The summed E-state index contributed by atoms with van der Waals surface area (Å²) >= 11 is 6.02. The Morgan fingerprint density at radius 1 is 1.33 bits per heavy atom. The van der Waals surface area contributed by atoms with Gasteiger partial charge in [0.15, 0.2) is 0 Å². The lowest BCUT2D eigenvalue weighted by molar-refractivity contribution is 0.236. The summed E-state index contributed by atoms with van der Waals surface area (Å²) in [6, 6.07) is 10.9. The summed E-state index contributed by atoms with van der Waals surface area (Å²) in [4.78, 5) is 21.4. The Bertz CT molecular complexity index is 1090. The number of benzene rings is 1. The summed E-state index contributed by atoms with van der Waals surface area (Å²) in [7, 11) is 0. The SMILES string of the molecule is C=CC(=N/C=C1\CNN=C1c1ccnc(C)c1)NC(=O)NC(c1ccc(Cl)cc1)C(C)CC. The zero-order valence-corrected chi connectivity index (χ0v) is 19.9. The minimum absolute atomic E-state index is 0.163. The van der Waals surface area contributed by atoms with Crippen LogP contribution in [0.4, 0.5) is 4.79 Å². The minimum atomic E-state index is -0.351. The first-order valence-electron chi connectivity index (χ1n) is 10.9. The van der Waals surface area contributed by atoms with Crippen LogP contribution in [0.1, 0.15) is 43.1 Å². The monoisotopic (exact) mass is 464 g/mol. The van der Waals surface area contributed by atoms with Gasteiger partial charge in [0.1, 0.15) is 5.84 Å². The van der Waals surface area contributed by atoms with Crippen molar-refractivity contribution in [2.24, 2.45) is 16.0 Å². The predicted octanol–water partition coefficient (Wildman–Crippen LogP) is 4.91. The fraction of sp³-hybridized carbons (Fsp3) is 0.280. The molecule has 3 N–H and O–H groups in total. The van der Waals surface area contributed by atoms with Gasteiger partial charge in [-0.2, -0.15) is 5.10 Å². The number of aromatic nitrogens is 1. The third-order valence-corrected chi connectivity index (χ3v) is 5.71. The van der Waals surface area contributed by atoms with Gasteiger partial charge in [-0.15, -0.1) is 0 Å². The highest BCUT2D eigenvalue weighted by Crippen LogP contribution is 2.25.